The van der Waals surface area contributed by atoms with Gasteiger partial charge in [-0.2, -0.15) is 31.4 Å². The molecule has 2 heterocycles. The third-order valence-electron chi connectivity index (χ3n) is 6.21. The molecule has 0 fully saturated rings. The maximum atomic E-state index is 13.3. The first-order chi connectivity index (χ1) is 22.0. The third kappa shape index (κ3) is 10.6. The zero-order valence-electron chi connectivity index (χ0n) is 24.1. The van der Waals surface area contributed by atoms with Crippen LogP contribution in [0.15, 0.2) is 47.6 Å². The zero-order valence-corrected chi connectivity index (χ0v) is 24.1. The molecule has 0 saturated heterocycles. The Kier molecular flexibility index (Phi) is 11.7. The topological polar surface area (TPSA) is 187 Å². The number of hydrogen-bond donors (Lipinski definition) is 6. The Morgan fingerprint density at radius 3 is 2.40 bits per heavy atom. The minimum Gasteiger partial charge on any atom is -0.475 e. The molecule has 6 N–H and O–H groups in total. The number of carboxylic acid groups (broad SMARTS) is 1. The van der Waals surface area contributed by atoms with Gasteiger partial charge in [-0.15, -0.1) is 0 Å². The first-order valence-corrected chi connectivity index (χ1v) is 13.3. The highest BCUT2D eigenvalue weighted by Gasteiger charge is 2.38. The Balaban J connectivity index is 0.000000771. The summed E-state index contributed by atoms with van der Waals surface area (Å²) in [6.07, 6.45) is -9.81. The van der Waals surface area contributed by atoms with Gasteiger partial charge in [0.1, 0.15) is 6.17 Å². The van der Waals surface area contributed by atoms with Crippen molar-refractivity contribution in [2.45, 2.75) is 31.0 Å². The Morgan fingerprint density at radius 1 is 1.11 bits per heavy atom. The Morgan fingerprint density at radius 2 is 1.81 bits per heavy atom. The van der Waals surface area contributed by atoms with Crippen LogP contribution in [0.1, 0.15) is 33.9 Å². The van der Waals surface area contributed by atoms with E-state index in [2.05, 4.69) is 41.2 Å². The number of nitrogens with zero attached hydrogens (tertiary/aromatic N) is 2. The average molecular weight is 678 g/mol. The summed E-state index contributed by atoms with van der Waals surface area (Å²) < 4.78 is 89.3. The van der Waals surface area contributed by atoms with Crippen LogP contribution in [0.4, 0.5) is 36.4 Å². The monoisotopic (exact) mass is 677 g/mol. The van der Waals surface area contributed by atoms with Gasteiger partial charge in [0.25, 0.3) is 5.91 Å². The number of aromatic nitrogens is 2. The van der Waals surface area contributed by atoms with Crippen molar-refractivity contribution in [3.8, 4) is 0 Å². The molecule has 2 aromatic carbocycles. The number of aromatic amines is 1. The molecule has 4 rings (SSSR count). The molecule has 0 radical (unpaired) electrons. The van der Waals surface area contributed by atoms with Gasteiger partial charge in [-0.05, 0) is 29.8 Å². The van der Waals surface area contributed by atoms with Gasteiger partial charge in [-0.25, -0.2) is 14.2 Å². The van der Waals surface area contributed by atoms with Crippen molar-refractivity contribution in [1.29, 1.82) is 0 Å². The van der Waals surface area contributed by atoms with E-state index in [1.807, 2.05) is 0 Å². The molecule has 0 saturated carbocycles. The largest absolute Gasteiger partial charge is 0.490 e. The van der Waals surface area contributed by atoms with Gasteiger partial charge in [-0.3, -0.25) is 19.5 Å². The van der Waals surface area contributed by atoms with Crippen LogP contribution in [0.3, 0.4) is 0 Å². The van der Waals surface area contributed by atoms with Crippen molar-refractivity contribution in [3.63, 3.8) is 0 Å². The van der Waals surface area contributed by atoms with E-state index < -0.39 is 66.8 Å². The highest BCUT2D eigenvalue weighted by atomic mass is 19.4. The number of guanidine groups is 1. The number of fused-ring (bicyclic) bond motifs is 1. The molecule has 0 spiro atoms. The molecular weight excluding hydrogens is 651 g/mol. The average Bonchev–Trinajstić information content (AvgIpc) is 3.48. The van der Waals surface area contributed by atoms with Crippen molar-refractivity contribution in [1.82, 2.24) is 26.1 Å². The summed E-state index contributed by atoms with van der Waals surface area (Å²) in [5.74, 6) is -4.58. The van der Waals surface area contributed by atoms with Gasteiger partial charge >= 0.3 is 24.3 Å². The maximum Gasteiger partial charge on any atom is 0.490 e. The second-order valence-corrected chi connectivity index (χ2v) is 9.66. The lowest BCUT2D eigenvalue weighted by Gasteiger charge is -2.20. The number of halogens is 7. The summed E-state index contributed by atoms with van der Waals surface area (Å²) >= 11 is 0. The van der Waals surface area contributed by atoms with Gasteiger partial charge in [0, 0.05) is 11.1 Å². The highest BCUT2D eigenvalue weighted by Crippen LogP contribution is 2.31. The summed E-state index contributed by atoms with van der Waals surface area (Å²) in [7, 11) is 1.11. The molecule has 2 atom stereocenters. The summed E-state index contributed by atoms with van der Waals surface area (Å²) in [6.45, 7) is -0.474. The van der Waals surface area contributed by atoms with Crippen LogP contribution >= 0.6 is 0 Å². The Labute approximate surface area is 259 Å². The number of nitrogens with one attached hydrogen (secondary N) is 5. The SMILES string of the molecule is COC(=O)C[C@H](NC(=O)CNC(=O)c1cc(NC2=NCC(F)CN2)cc2[nH]ncc12)c1cccc(C(F)(F)F)c1.O=C(O)C(F)(F)F. The number of rotatable bonds is 8. The number of methoxy groups -OCH3 is 1. The summed E-state index contributed by atoms with van der Waals surface area (Å²) in [5, 5.41) is 25.0. The number of hydrogen-bond acceptors (Lipinski definition) is 9. The molecule has 1 aliphatic heterocycles. The Bertz CT molecular complexity index is 1640. The van der Waals surface area contributed by atoms with E-state index in [4.69, 9.17) is 9.90 Å². The fourth-order valence-corrected chi connectivity index (χ4v) is 3.98. The van der Waals surface area contributed by atoms with Crippen LogP contribution in [0.5, 0.6) is 0 Å². The van der Waals surface area contributed by atoms with Crippen molar-refractivity contribution < 1.29 is 59.8 Å². The fraction of sp³-hybridized carbons (Fsp3) is 0.333. The van der Waals surface area contributed by atoms with Crippen molar-refractivity contribution in [2.24, 2.45) is 4.99 Å². The predicted octanol–water partition coefficient (Wildman–Crippen LogP) is 3.07. The van der Waals surface area contributed by atoms with Crippen LogP contribution in [0.25, 0.3) is 10.9 Å². The quantitative estimate of drug-likeness (QED) is 0.154. The van der Waals surface area contributed by atoms with Crippen LogP contribution in [0.2, 0.25) is 0 Å². The zero-order chi connectivity index (χ0) is 34.9. The number of esters is 1. The molecule has 2 amide bonds. The van der Waals surface area contributed by atoms with Crippen LogP contribution < -0.4 is 21.3 Å². The van der Waals surface area contributed by atoms with Gasteiger partial charge in [0.2, 0.25) is 5.91 Å². The number of benzene rings is 2. The summed E-state index contributed by atoms with van der Waals surface area (Å²) in [5.41, 5.74) is 0.195. The minimum atomic E-state index is -5.08. The van der Waals surface area contributed by atoms with Crippen molar-refractivity contribution in [3.05, 3.63) is 59.3 Å². The standard InChI is InChI=1S/C25H25F4N7O4.C2HF3O2/c1-40-22(38)8-19(13-3-2-4-14(5-13)25(27,28)29)35-21(37)12-30-23(39)17-6-16(7-20-18(17)11-33-36-20)34-24-31-9-15(26)10-32-24;3-2(4,5)1(6)7/h2-7,11,15,19H,8-10,12H2,1H3,(H,30,39)(H,33,36)(H,35,37)(H2,31,32,34);(H,6,7)/t19-;/m0./s1. The number of anilines is 1. The smallest absolute Gasteiger partial charge is 0.475 e. The van der Waals surface area contributed by atoms with Crippen LogP contribution in [-0.4, -0.2) is 84.1 Å². The molecule has 1 unspecified atom stereocenters. The third-order valence-corrected chi connectivity index (χ3v) is 6.21. The number of carbonyl (C=O) groups is 4. The predicted molar refractivity (Wildman–Crippen MR) is 150 cm³/mol. The Hall–Kier alpha value is -5.43. The minimum absolute atomic E-state index is 0.0123. The fourth-order valence-electron chi connectivity index (χ4n) is 3.98. The van der Waals surface area contributed by atoms with Crippen LogP contribution in [-0.2, 0) is 25.3 Å². The highest BCUT2D eigenvalue weighted by molar-refractivity contribution is 6.09. The maximum absolute atomic E-state index is 13.3. The number of ether oxygens (including phenoxy) is 1. The van der Waals surface area contributed by atoms with E-state index in [1.165, 1.54) is 18.3 Å². The molecule has 3 aromatic rings. The molecule has 13 nitrogen and oxygen atoms in total. The number of alkyl halides is 7. The van der Waals surface area contributed by atoms with E-state index in [0.717, 1.165) is 25.3 Å². The van der Waals surface area contributed by atoms with E-state index in [9.17, 15) is 45.1 Å². The van der Waals surface area contributed by atoms with E-state index in [0.29, 0.717) is 22.5 Å². The number of carboxylic acids is 1. The van der Waals surface area contributed by atoms with Crippen molar-refractivity contribution in [2.75, 3.05) is 32.1 Å². The number of aliphatic carboxylic acids is 1. The first-order valence-electron chi connectivity index (χ1n) is 13.3. The summed E-state index contributed by atoms with van der Waals surface area (Å²) in [4.78, 5) is 50.6. The lowest BCUT2D eigenvalue weighted by atomic mass is 10.0. The van der Waals surface area contributed by atoms with Gasteiger partial charge in [0.15, 0.2) is 5.96 Å². The molecule has 0 aliphatic carbocycles. The number of aliphatic imine (C=N–C) groups is 1. The van der Waals surface area contributed by atoms with E-state index in [-0.39, 0.29) is 24.2 Å². The van der Waals surface area contributed by atoms with Crippen LogP contribution in [0, 0.1) is 0 Å². The molecule has 47 heavy (non-hydrogen) atoms. The molecule has 1 aliphatic rings. The number of H-pyrrole nitrogens is 1. The van der Waals surface area contributed by atoms with E-state index in [1.54, 1.807) is 6.07 Å². The summed E-state index contributed by atoms with van der Waals surface area (Å²) in [6, 6.07) is 6.24. The normalized spacial score (nSPS) is 15.2. The van der Waals surface area contributed by atoms with Gasteiger partial charge < -0.3 is 31.1 Å². The van der Waals surface area contributed by atoms with Gasteiger partial charge in [0.05, 0.1) is 62.0 Å². The van der Waals surface area contributed by atoms with E-state index >= 15 is 0 Å². The molecular formula is C27H26F7N7O6. The molecule has 1 aromatic heterocycles. The molecule has 0 bridgehead atoms. The number of carbonyl (C=O) groups excluding carboxylic acids is 3. The first kappa shape index (κ1) is 36.0. The number of amides is 2. The second kappa shape index (κ2) is 15.2. The lowest BCUT2D eigenvalue weighted by molar-refractivity contribution is -0.192. The van der Waals surface area contributed by atoms with Gasteiger partial charge in [-0.1, -0.05) is 12.1 Å². The lowest BCUT2D eigenvalue weighted by Crippen LogP contribution is -2.41. The molecule has 20 heteroatoms. The second-order valence-electron chi connectivity index (χ2n) is 9.66. The van der Waals surface area contributed by atoms with Crippen molar-refractivity contribution >= 4 is 46.3 Å². The molecule has 254 valence electrons.